The summed E-state index contributed by atoms with van der Waals surface area (Å²) in [5.41, 5.74) is 0.804. The number of nitrogens with one attached hydrogen (secondary N) is 2. The summed E-state index contributed by atoms with van der Waals surface area (Å²) in [7, 11) is 0. The maximum atomic E-state index is 11.9. The Labute approximate surface area is 116 Å². The van der Waals surface area contributed by atoms with Crippen LogP contribution in [0.25, 0.3) is 0 Å². The molecule has 0 spiro atoms. The molecule has 2 rings (SSSR count). The zero-order valence-corrected chi connectivity index (χ0v) is 12.2. The summed E-state index contributed by atoms with van der Waals surface area (Å²) in [6.07, 6.45) is 4.79. The molecule has 0 aromatic heterocycles. The summed E-state index contributed by atoms with van der Waals surface area (Å²) >= 11 is 3.42. The lowest BCUT2D eigenvalue weighted by Crippen LogP contribution is -2.43. The molecule has 0 saturated heterocycles. The van der Waals surface area contributed by atoms with Crippen molar-refractivity contribution in [1.29, 1.82) is 0 Å². The second-order valence-corrected chi connectivity index (χ2v) is 5.80. The zero-order valence-electron chi connectivity index (χ0n) is 10.6. The summed E-state index contributed by atoms with van der Waals surface area (Å²) in [6, 6.07) is 7.83. The molecule has 0 unspecified atom stereocenters. The number of benzene rings is 1. The first-order chi connectivity index (χ1) is 8.66. The molecule has 1 aromatic carbocycles. The molecule has 0 bridgehead atoms. The summed E-state index contributed by atoms with van der Waals surface area (Å²) in [6.45, 7) is 2.21. The van der Waals surface area contributed by atoms with Gasteiger partial charge in [-0.05, 0) is 46.8 Å². The van der Waals surface area contributed by atoms with Crippen LogP contribution in [0.2, 0.25) is 0 Å². The average molecular weight is 311 g/mol. The van der Waals surface area contributed by atoms with Crippen molar-refractivity contribution in [1.82, 2.24) is 5.32 Å². The van der Waals surface area contributed by atoms with E-state index in [-0.39, 0.29) is 6.03 Å². The Morgan fingerprint density at radius 3 is 2.72 bits per heavy atom. The number of hydrogen-bond acceptors (Lipinski definition) is 1. The molecular weight excluding hydrogens is 292 g/mol. The number of halogens is 1. The number of para-hydroxylation sites is 1. The van der Waals surface area contributed by atoms with E-state index in [1.54, 1.807) is 0 Å². The highest BCUT2D eigenvalue weighted by molar-refractivity contribution is 9.10. The van der Waals surface area contributed by atoms with Crippen molar-refractivity contribution < 1.29 is 4.79 Å². The van der Waals surface area contributed by atoms with Crippen LogP contribution in [0.3, 0.4) is 0 Å². The van der Waals surface area contributed by atoms with Crippen LogP contribution in [0, 0.1) is 5.92 Å². The monoisotopic (exact) mass is 310 g/mol. The van der Waals surface area contributed by atoms with E-state index >= 15 is 0 Å². The van der Waals surface area contributed by atoms with Crippen molar-refractivity contribution in [2.45, 2.75) is 38.6 Å². The second kappa shape index (κ2) is 6.23. The molecule has 0 radical (unpaired) electrons. The Morgan fingerprint density at radius 1 is 1.28 bits per heavy atom. The molecule has 3 nitrogen and oxygen atoms in total. The third-order valence-electron chi connectivity index (χ3n) is 3.55. The molecule has 1 fully saturated rings. The molecule has 4 heteroatoms. The predicted octanol–water partition coefficient (Wildman–Crippen LogP) is 4.15. The molecule has 2 N–H and O–H groups in total. The van der Waals surface area contributed by atoms with Gasteiger partial charge in [-0.25, -0.2) is 4.79 Å². The summed E-state index contributed by atoms with van der Waals surface area (Å²) < 4.78 is 0.900. The van der Waals surface area contributed by atoms with Gasteiger partial charge in [-0.2, -0.15) is 0 Å². The normalized spacial score (nSPS) is 23.4. The molecule has 1 saturated carbocycles. The topological polar surface area (TPSA) is 41.1 Å². The minimum atomic E-state index is -0.111. The molecule has 0 heterocycles. The van der Waals surface area contributed by atoms with E-state index in [1.165, 1.54) is 19.3 Å². The quantitative estimate of drug-likeness (QED) is 0.846. The Balaban J connectivity index is 1.90. The van der Waals surface area contributed by atoms with Gasteiger partial charge in [0.25, 0.3) is 0 Å². The number of carbonyl (C=O) groups is 1. The van der Waals surface area contributed by atoms with E-state index in [4.69, 9.17) is 0 Å². The molecule has 2 amide bonds. The van der Waals surface area contributed by atoms with Crippen LogP contribution in [-0.4, -0.2) is 12.1 Å². The molecule has 1 aliphatic rings. The molecular formula is C14H19BrN2O. The van der Waals surface area contributed by atoms with Crippen LogP contribution in [0.1, 0.15) is 32.6 Å². The third-order valence-corrected chi connectivity index (χ3v) is 4.24. The zero-order chi connectivity index (χ0) is 13.0. The summed E-state index contributed by atoms with van der Waals surface area (Å²) in [4.78, 5) is 11.9. The van der Waals surface area contributed by atoms with E-state index < -0.39 is 0 Å². The van der Waals surface area contributed by atoms with Gasteiger partial charge in [-0.3, -0.25) is 0 Å². The lowest BCUT2D eigenvalue weighted by Gasteiger charge is -2.29. The van der Waals surface area contributed by atoms with E-state index in [1.807, 2.05) is 24.3 Å². The third kappa shape index (κ3) is 3.48. The Bertz CT molecular complexity index is 422. The number of urea groups is 1. The number of amides is 2. The fraction of sp³-hybridized carbons (Fsp3) is 0.500. The van der Waals surface area contributed by atoms with Crippen LogP contribution in [0.5, 0.6) is 0 Å². The van der Waals surface area contributed by atoms with E-state index in [0.717, 1.165) is 16.6 Å². The van der Waals surface area contributed by atoms with Gasteiger partial charge in [0.15, 0.2) is 0 Å². The Morgan fingerprint density at radius 2 is 2.00 bits per heavy atom. The van der Waals surface area contributed by atoms with E-state index in [2.05, 4.69) is 33.5 Å². The van der Waals surface area contributed by atoms with Crippen molar-refractivity contribution >= 4 is 27.6 Å². The van der Waals surface area contributed by atoms with Gasteiger partial charge >= 0.3 is 6.03 Å². The standard InChI is InChI=1S/C14H19BrN2O/c1-10-6-2-4-8-12(10)16-14(18)17-13-9-5-3-7-11(13)15/h3,5,7,9-10,12H,2,4,6,8H2,1H3,(H2,16,17,18)/t10-,12+/m1/s1. The highest BCUT2D eigenvalue weighted by atomic mass is 79.9. The first-order valence-electron chi connectivity index (χ1n) is 6.49. The lowest BCUT2D eigenvalue weighted by molar-refractivity contribution is 0.232. The van der Waals surface area contributed by atoms with Crippen molar-refractivity contribution in [2.24, 2.45) is 5.92 Å². The smallest absolute Gasteiger partial charge is 0.319 e. The number of carbonyl (C=O) groups excluding carboxylic acids is 1. The molecule has 1 aliphatic carbocycles. The summed E-state index contributed by atoms with van der Waals surface area (Å²) in [5, 5.41) is 5.95. The van der Waals surface area contributed by atoms with Crippen LogP contribution in [0.4, 0.5) is 10.5 Å². The maximum absolute atomic E-state index is 11.9. The number of hydrogen-bond donors (Lipinski definition) is 2. The largest absolute Gasteiger partial charge is 0.335 e. The molecule has 98 valence electrons. The number of rotatable bonds is 2. The van der Waals surface area contributed by atoms with Crippen molar-refractivity contribution in [2.75, 3.05) is 5.32 Å². The Hall–Kier alpha value is -1.03. The maximum Gasteiger partial charge on any atom is 0.319 e. The second-order valence-electron chi connectivity index (χ2n) is 4.95. The van der Waals surface area contributed by atoms with Gasteiger partial charge < -0.3 is 10.6 Å². The average Bonchev–Trinajstić information content (AvgIpc) is 2.35. The van der Waals surface area contributed by atoms with Gasteiger partial charge in [0.05, 0.1) is 5.69 Å². The van der Waals surface area contributed by atoms with Crippen molar-refractivity contribution in [3.8, 4) is 0 Å². The molecule has 0 aliphatic heterocycles. The lowest BCUT2D eigenvalue weighted by atomic mass is 9.86. The van der Waals surface area contributed by atoms with Crippen LogP contribution >= 0.6 is 15.9 Å². The molecule has 1 aromatic rings. The highest BCUT2D eigenvalue weighted by Crippen LogP contribution is 2.24. The Kier molecular flexibility index (Phi) is 4.64. The fourth-order valence-electron chi connectivity index (χ4n) is 2.42. The van der Waals surface area contributed by atoms with Gasteiger partial charge in [0.2, 0.25) is 0 Å². The SMILES string of the molecule is C[C@@H]1CCCC[C@@H]1NC(=O)Nc1ccccc1Br. The molecule has 2 atom stereocenters. The van der Waals surface area contributed by atoms with E-state index in [0.29, 0.717) is 12.0 Å². The number of anilines is 1. The van der Waals surface area contributed by atoms with Crippen LogP contribution in [-0.2, 0) is 0 Å². The van der Waals surface area contributed by atoms with Crippen molar-refractivity contribution in [3.05, 3.63) is 28.7 Å². The highest BCUT2D eigenvalue weighted by Gasteiger charge is 2.22. The van der Waals surface area contributed by atoms with Crippen LogP contribution < -0.4 is 10.6 Å². The van der Waals surface area contributed by atoms with Gasteiger partial charge in [0.1, 0.15) is 0 Å². The minimum Gasteiger partial charge on any atom is -0.335 e. The molecule has 18 heavy (non-hydrogen) atoms. The first-order valence-corrected chi connectivity index (χ1v) is 7.28. The van der Waals surface area contributed by atoms with E-state index in [9.17, 15) is 4.79 Å². The van der Waals surface area contributed by atoms with Gasteiger partial charge in [0, 0.05) is 10.5 Å². The fourth-order valence-corrected chi connectivity index (χ4v) is 2.80. The summed E-state index contributed by atoms with van der Waals surface area (Å²) in [5.74, 6) is 0.573. The predicted molar refractivity (Wildman–Crippen MR) is 77.7 cm³/mol. The van der Waals surface area contributed by atoms with Gasteiger partial charge in [-0.15, -0.1) is 0 Å². The first kappa shape index (κ1) is 13.4. The van der Waals surface area contributed by atoms with Crippen molar-refractivity contribution in [3.63, 3.8) is 0 Å². The minimum absolute atomic E-state index is 0.111. The van der Waals surface area contributed by atoms with Gasteiger partial charge in [-0.1, -0.05) is 31.9 Å². The van der Waals surface area contributed by atoms with Crippen LogP contribution in [0.15, 0.2) is 28.7 Å².